The number of carbonyl (C=O) groups excluding carboxylic acids is 2. The highest BCUT2D eigenvalue weighted by Crippen LogP contribution is 2.21. The summed E-state index contributed by atoms with van der Waals surface area (Å²) in [6.45, 7) is 1.32. The number of carbonyl (C=O) groups is 2. The third kappa shape index (κ3) is 6.21. The summed E-state index contributed by atoms with van der Waals surface area (Å²) in [7, 11) is 3.97. The first kappa shape index (κ1) is 19.0. The Balaban J connectivity index is 1.82. The molecule has 0 saturated carbocycles. The number of thiophene rings is 1. The van der Waals surface area contributed by atoms with Crippen LogP contribution in [0, 0.1) is 0 Å². The molecular formula is C18H24N4O2S. The summed E-state index contributed by atoms with van der Waals surface area (Å²) >= 11 is 1.36. The summed E-state index contributed by atoms with van der Waals surface area (Å²) in [6.07, 6.45) is 1.33. The van der Waals surface area contributed by atoms with Crippen molar-refractivity contribution in [1.82, 2.24) is 10.2 Å². The molecule has 0 atom stereocenters. The molecular weight excluding hydrogens is 336 g/mol. The van der Waals surface area contributed by atoms with Gasteiger partial charge in [0.25, 0.3) is 5.91 Å². The molecule has 2 rings (SSSR count). The molecule has 0 aliphatic heterocycles. The highest BCUT2D eigenvalue weighted by atomic mass is 32.1. The van der Waals surface area contributed by atoms with Gasteiger partial charge >= 0.3 is 0 Å². The molecule has 6 nitrogen and oxygen atoms in total. The minimum Gasteiger partial charge on any atom is -0.397 e. The lowest BCUT2D eigenvalue weighted by Crippen LogP contribution is -2.23. The smallest absolute Gasteiger partial charge is 0.265 e. The van der Waals surface area contributed by atoms with Gasteiger partial charge in [0.05, 0.1) is 22.8 Å². The van der Waals surface area contributed by atoms with Crippen molar-refractivity contribution in [2.45, 2.75) is 19.4 Å². The Kier molecular flexibility index (Phi) is 6.97. The average Bonchev–Trinajstić information content (AvgIpc) is 3.04. The molecule has 7 heteroatoms. The maximum Gasteiger partial charge on any atom is 0.265 e. The van der Waals surface area contributed by atoms with Crippen LogP contribution in [0.2, 0.25) is 0 Å². The fraction of sp³-hybridized carbons (Fsp3) is 0.333. The highest BCUT2D eigenvalue weighted by molar-refractivity contribution is 7.14. The van der Waals surface area contributed by atoms with Crippen LogP contribution in [0.5, 0.6) is 0 Å². The average molecular weight is 360 g/mol. The molecule has 25 heavy (non-hydrogen) atoms. The Bertz CT molecular complexity index is 727. The first-order valence-electron chi connectivity index (χ1n) is 8.11. The zero-order valence-corrected chi connectivity index (χ0v) is 15.4. The number of nitrogens with zero attached hydrogens (tertiary/aromatic N) is 1. The molecule has 2 aromatic rings. The van der Waals surface area contributed by atoms with E-state index in [-0.39, 0.29) is 11.8 Å². The molecule has 1 heterocycles. The van der Waals surface area contributed by atoms with Crippen LogP contribution in [0.15, 0.2) is 36.4 Å². The van der Waals surface area contributed by atoms with Crippen LogP contribution >= 0.6 is 11.3 Å². The fourth-order valence-corrected chi connectivity index (χ4v) is 3.06. The fourth-order valence-electron chi connectivity index (χ4n) is 2.22. The Morgan fingerprint density at radius 3 is 2.64 bits per heavy atom. The molecule has 1 aromatic carbocycles. The predicted molar refractivity (Wildman–Crippen MR) is 103 cm³/mol. The lowest BCUT2D eigenvalue weighted by Gasteiger charge is -2.08. The van der Waals surface area contributed by atoms with Crippen molar-refractivity contribution >= 4 is 34.5 Å². The molecule has 0 radical (unpaired) electrons. The standard InChI is InChI=1S/C18H24N4O2S/c1-22(2)11-5-8-17(23)20-12-13-9-10-16(25-13)18(24)21-15-7-4-3-6-14(15)19/h3-4,6-7,9-10H,5,8,11-12,19H2,1-2H3,(H,20,23)(H,21,24). The molecule has 0 saturated heterocycles. The Morgan fingerprint density at radius 2 is 1.92 bits per heavy atom. The summed E-state index contributed by atoms with van der Waals surface area (Å²) in [4.78, 5) is 27.6. The number of amides is 2. The van der Waals surface area contributed by atoms with Crippen LogP contribution in [0.25, 0.3) is 0 Å². The van der Waals surface area contributed by atoms with Gasteiger partial charge in [0.1, 0.15) is 0 Å². The molecule has 2 amide bonds. The number of hydrogen-bond acceptors (Lipinski definition) is 5. The maximum atomic E-state index is 12.3. The monoisotopic (exact) mass is 360 g/mol. The van der Waals surface area contributed by atoms with Gasteiger partial charge in [-0.3, -0.25) is 9.59 Å². The second kappa shape index (κ2) is 9.19. The van der Waals surface area contributed by atoms with E-state index in [1.54, 1.807) is 18.2 Å². The molecule has 1 aromatic heterocycles. The van der Waals surface area contributed by atoms with Crippen molar-refractivity contribution in [2.75, 3.05) is 31.7 Å². The van der Waals surface area contributed by atoms with Crippen LogP contribution < -0.4 is 16.4 Å². The van der Waals surface area contributed by atoms with Gasteiger partial charge in [0.2, 0.25) is 5.91 Å². The van der Waals surface area contributed by atoms with Crippen molar-refractivity contribution in [3.63, 3.8) is 0 Å². The highest BCUT2D eigenvalue weighted by Gasteiger charge is 2.11. The lowest BCUT2D eigenvalue weighted by molar-refractivity contribution is -0.121. The summed E-state index contributed by atoms with van der Waals surface area (Å²) in [5.74, 6) is -0.176. The number of para-hydroxylation sites is 2. The minimum absolute atomic E-state index is 0.0262. The van der Waals surface area contributed by atoms with Crippen LogP contribution in [-0.2, 0) is 11.3 Å². The van der Waals surface area contributed by atoms with Crippen LogP contribution in [0.3, 0.4) is 0 Å². The number of benzene rings is 1. The topological polar surface area (TPSA) is 87.5 Å². The molecule has 0 spiro atoms. The SMILES string of the molecule is CN(C)CCCC(=O)NCc1ccc(C(=O)Nc2ccccc2N)s1. The number of anilines is 2. The van der Waals surface area contributed by atoms with Gasteiger partial charge in [-0.15, -0.1) is 11.3 Å². The second-order valence-corrected chi connectivity index (χ2v) is 7.16. The summed E-state index contributed by atoms with van der Waals surface area (Å²) in [6, 6.07) is 10.7. The van der Waals surface area contributed by atoms with E-state index in [4.69, 9.17) is 5.73 Å². The number of hydrogen-bond donors (Lipinski definition) is 3. The summed E-state index contributed by atoms with van der Waals surface area (Å²) in [5, 5.41) is 5.68. The minimum atomic E-state index is -0.202. The van der Waals surface area contributed by atoms with Gasteiger partial charge in [-0.05, 0) is 51.3 Å². The Morgan fingerprint density at radius 1 is 1.16 bits per heavy atom. The lowest BCUT2D eigenvalue weighted by atomic mass is 10.2. The molecule has 0 unspecified atom stereocenters. The number of nitrogen functional groups attached to an aromatic ring is 1. The van der Waals surface area contributed by atoms with Crippen LogP contribution in [0.1, 0.15) is 27.4 Å². The van der Waals surface area contributed by atoms with Crippen molar-refractivity contribution in [2.24, 2.45) is 0 Å². The molecule has 0 fully saturated rings. The van der Waals surface area contributed by atoms with Gasteiger partial charge in [-0.1, -0.05) is 12.1 Å². The van der Waals surface area contributed by atoms with Crippen molar-refractivity contribution < 1.29 is 9.59 Å². The zero-order chi connectivity index (χ0) is 18.2. The number of rotatable bonds is 8. The molecule has 0 aliphatic rings. The maximum absolute atomic E-state index is 12.3. The van der Waals surface area contributed by atoms with Crippen molar-refractivity contribution in [1.29, 1.82) is 0 Å². The van der Waals surface area contributed by atoms with Gasteiger partial charge in [0.15, 0.2) is 0 Å². The third-order valence-electron chi connectivity index (χ3n) is 3.56. The zero-order valence-electron chi connectivity index (χ0n) is 14.5. The van der Waals surface area contributed by atoms with Crippen molar-refractivity contribution in [3.05, 3.63) is 46.2 Å². The molecule has 134 valence electrons. The molecule has 0 aliphatic carbocycles. The Hall–Kier alpha value is -2.38. The predicted octanol–water partition coefficient (Wildman–Crippen LogP) is 2.54. The third-order valence-corrected chi connectivity index (χ3v) is 4.65. The summed E-state index contributed by atoms with van der Waals surface area (Å²) in [5.41, 5.74) is 6.95. The normalized spacial score (nSPS) is 10.7. The summed E-state index contributed by atoms with van der Waals surface area (Å²) < 4.78 is 0. The van der Waals surface area contributed by atoms with E-state index in [9.17, 15) is 9.59 Å². The molecule has 0 bridgehead atoms. The largest absolute Gasteiger partial charge is 0.397 e. The van der Waals surface area contributed by atoms with E-state index in [1.165, 1.54) is 11.3 Å². The second-order valence-electron chi connectivity index (χ2n) is 5.99. The number of nitrogens with two attached hydrogens (primary N) is 1. The Labute approximate surface area is 152 Å². The molecule has 4 N–H and O–H groups in total. The van der Waals surface area contributed by atoms with E-state index in [2.05, 4.69) is 15.5 Å². The van der Waals surface area contributed by atoms with Gasteiger partial charge in [-0.25, -0.2) is 0 Å². The van der Waals surface area contributed by atoms with Gasteiger partial charge < -0.3 is 21.3 Å². The quantitative estimate of drug-likeness (QED) is 0.631. The van der Waals surface area contributed by atoms with Gasteiger partial charge in [0, 0.05) is 11.3 Å². The first-order chi connectivity index (χ1) is 12.0. The van der Waals surface area contributed by atoms with E-state index in [0.717, 1.165) is 17.8 Å². The van der Waals surface area contributed by atoms with Crippen molar-refractivity contribution in [3.8, 4) is 0 Å². The van der Waals surface area contributed by atoms with Gasteiger partial charge in [-0.2, -0.15) is 0 Å². The van der Waals surface area contributed by atoms with Crippen LogP contribution in [-0.4, -0.2) is 37.4 Å². The van der Waals surface area contributed by atoms with E-state index >= 15 is 0 Å². The van der Waals surface area contributed by atoms with E-state index < -0.39 is 0 Å². The van der Waals surface area contributed by atoms with E-state index in [1.807, 2.05) is 32.3 Å². The number of nitrogens with one attached hydrogen (secondary N) is 2. The van der Waals surface area contributed by atoms with E-state index in [0.29, 0.717) is 29.2 Å². The first-order valence-corrected chi connectivity index (χ1v) is 8.93. The van der Waals surface area contributed by atoms with Crippen LogP contribution in [0.4, 0.5) is 11.4 Å².